The Morgan fingerprint density at radius 1 is 1.56 bits per heavy atom. The maximum Gasteiger partial charge on any atom is 0.339 e. The van der Waals surface area contributed by atoms with Gasteiger partial charge in [0.25, 0.3) is 0 Å². The largest absolute Gasteiger partial charge is 0.465 e. The first kappa shape index (κ1) is 12.8. The number of aryl methyl sites for hydroxylation is 1. The van der Waals surface area contributed by atoms with Crippen molar-refractivity contribution in [3.05, 3.63) is 23.4 Å². The van der Waals surface area contributed by atoms with E-state index in [1.165, 1.54) is 7.11 Å². The first-order valence-electron chi connectivity index (χ1n) is 5.96. The predicted molar refractivity (Wildman–Crippen MR) is 67.8 cm³/mol. The van der Waals surface area contributed by atoms with E-state index >= 15 is 0 Å². The summed E-state index contributed by atoms with van der Waals surface area (Å²) >= 11 is 0. The number of esters is 1. The number of pyridine rings is 1. The number of rotatable bonds is 2. The Hall–Kier alpha value is -1.62. The summed E-state index contributed by atoms with van der Waals surface area (Å²) in [6, 6.07) is 3.51. The van der Waals surface area contributed by atoms with Crippen LogP contribution < -0.4 is 4.90 Å². The van der Waals surface area contributed by atoms with Gasteiger partial charge in [0.2, 0.25) is 0 Å². The van der Waals surface area contributed by atoms with E-state index < -0.39 is 5.60 Å². The molecule has 5 nitrogen and oxygen atoms in total. The summed E-state index contributed by atoms with van der Waals surface area (Å²) in [6.07, 6.45) is 0.729. The topological polar surface area (TPSA) is 62.7 Å². The van der Waals surface area contributed by atoms with Crippen LogP contribution in [0.25, 0.3) is 0 Å². The van der Waals surface area contributed by atoms with Gasteiger partial charge >= 0.3 is 5.97 Å². The predicted octanol–water partition coefficient (Wildman–Crippen LogP) is 1.14. The van der Waals surface area contributed by atoms with E-state index in [1.54, 1.807) is 19.1 Å². The quantitative estimate of drug-likeness (QED) is 0.797. The maximum absolute atomic E-state index is 11.5. The normalized spacial score (nSPS) is 23.2. The number of β-amino-alcohol motifs (C(OH)–C–C–N with tert-alkyl or cyclic N) is 1. The SMILES string of the molecule is COC(=O)c1ccc(N2CCC(C)(O)C2)nc1C. The molecule has 1 aromatic rings. The fourth-order valence-electron chi connectivity index (χ4n) is 2.19. The summed E-state index contributed by atoms with van der Waals surface area (Å²) in [5, 5.41) is 9.93. The number of methoxy groups -OCH3 is 1. The van der Waals surface area contributed by atoms with Crippen LogP contribution in [0.3, 0.4) is 0 Å². The Labute approximate surface area is 106 Å². The van der Waals surface area contributed by atoms with E-state index in [4.69, 9.17) is 0 Å². The van der Waals surface area contributed by atoms with E-state index in [0.29, 0.717) is 17.8 Å². The summed E-state index contributed by atoms with van der Waals surface area (Å²) in [5.41, 5.74) is 0.467. The van der Waals surface area contributed by atoms with Gasteiger partial charge in [0, 0.05) is 13.1 Å². The molecule has 0 aromatic carbocycles. The van der Waals surface area contributed by atoms with E-state index in [-0.39, 0.29) is 5.97 Å². The number of hydrogen-bond donors (Lipinski definition) is 1. The van der Waals surface area contributed by atoms with Gasteiger partial charge in [-0.15, -0.1) is 0 Å². The van der Waals surface area contributed by atoms with Crippen molar-refractivity contribution in [2.45, 2.75) is 25.9 Å². The van der Waals surface area contributed by atoms with Crippen LogP contribution in [-0.4, -0.2) is 41.9 Å². The molecule has 18 heavy (non-hydrogen) atoms. The molecule has 1 aromatic heterocycles. The molecule has 2 rings (SSSR count). The van der Waals surface area contributed by atoms with Gasteiger partial charge in [-0.1, -0.05) is 0 Å². The zero-order valence-electron chi connectivity index (χ0n) is 10.9. The number of hydrogen-bond acceptors (Lipinski definition) is 5. The van der Waals surface area contributed by atoms with Crippen LogP contribution >= 0.6 is 0 Å². The van der Waals surface area contributed by atoms with Crippen LogP contribution in [0.4, 0.5) is 5.82 Å². The summed E-state index contributed by atoms with van der Waals surface area (Å²) in [5.74, 6) is 0.415. The molecule has 5 heteroatoms. The number of ether oxygens (including phenoxy) is 1. The average molecular weight is 250 g/mol. The van der Waals surface area contributed by atoms with Crippen molar-refractivity contribution >= 4 is 11.8 Å². The molecule has 0 bridgehead atoms. The van der Waals surface area contributed by atoms with Crippen LogP contribution in [0, 0.1) is 6.92 Å². The average Bonchev–Trinajstić information content (AvgIpc) is 2.68. The molecule has 0 amide bonds. The number of nitrogens with zero attached hydrogens (tertiary/aromatic N) is 2. The van der Waals surface area contributed by atoms with E-state index in [9.17, 15) is 9.90 Å². The molecule has 2 heterocycles. The first-order valence-corrected chi connectivity index (χ1v) is 5.96. The third-order valence-corrected chi connectivity index (χ3v) is 3.25. The van der Waals surface area contributed by atoms with E-state index in [0.717, 1.165) is 18.8 Å². The van der Waals surface area contributed by atoms with E-state index in [2.05, 4.69) is 9.72 Å². The summed E-state index contributed by atoms with van der Waals surface area (Å²) in [6.45, 7) is 4.95. The highest BCUT2D eigenvalue weighted by atomic mass is 16.5. The van der Waals surface area contributed by atoms with Gasteiger partial charge < -0.3 is 14.7 Å². The molecule has 0 saturated carbocycles. The lowest BCUT2D eigenvalue weighted by atomic mass is 10.1. The zero-order chi connectivity index (χ0) is 13.3. The number of aliphatic hydroxyl groups is 1. The lowest BCUT2D eigenvalue weighted by Crippen LogP contribution is -2.30. The van der Waals surface area contributed by atoms with Crippen LogP contribution in [0.1, 0.15) is 29.4 Å². The molecule has 0 radical (unpaired) electrons. The van der Waals surface area contributed by atoms with Crippen molar-refractivity contribution in [2.75, 3.05) is 25.1 Å². The van der Waals surface area contributed by atoms with Crippen LogP contribution in [0.15, 0.2) is 12.1 Å². The smallest absolute Gasteiger partial charge is 0.339 e. The molecule has 0 spiro atoms. The minimum atomic E-state index is -0.656. The minimum Gasteiger partial charge on any atom is -0.465 e. The summed E-state index contributed by atoms with van der Waals surface area (Å²) in [4.78, 5) is 17.9. The summed E-state index contributed by atoms with van der Waals surface area (Å²) < 4.78 is 4.68. The van der Waals surface area contributed by atoms with Gasteiger partial charge in [0.05, 0.1) is 24.0 Å². The molecule has 1 atom stereocenters. The van der Waals surface area contributed by atoms with Gasteiger partial charge in [0.15, 0.2) is 0 Å². The highest BCUT2D eigenvalue weighted by Crippen LogP contribution is 2.25. The lowest BCUT2D eigenvalue weighted by molar-refractivity contribution is 0.0599. The molecule has 1 saturated heterocycles. The van der Waals surface area contributed by atoms with Crippen molar-refractivity contribution in [2.24, 2.45) is 0 Å². The molecule has 1 N–H and O–H groups in total. The van der Waals surface area contributed by atoms with Gasteiger partial charge in [-0.2, -0.15) is 0 Å². The maximum atomic E-state index is 11.5. The molecule has 0 aliphatic carbocycles. The zero-order valence-corrected chi connectivity index (χ0v) is 10.9. The fourth-order valence-corrected chi connectivity index (χ4v) is 2.19. The Morgan fingerprint density at radius 2 is 2.28 bits per heavy atom. The van der Waals surface area contributed by atoms with Crippen molar-refractivity contribution < 1.29 is 14.6 Å². The highest BCUT2D eigenvalue weighted by molar-refractivity contribution is 5.90. The lowest BCUT2D eigenvalue weighted by Gasteiger charge is -2.20. The van der Waals surface area contributed by atoms with Crippen LogP contribution in [0.5, 0.6) is 0 Å². The summed E-state index contributed by atoms with van der Waals surface area (Å²) in [7, 11) is 1.35. The monoisotopic (exact) mass is 250 g/mol. The molecule has 1 fully saturated rings. The van der Waals surface area contributed by atoms with E-state index in [1.807, 2.05) is 11.8 Å². The Balaban J connectivity index is 2.22. The number of aromatic nitrogens is 1. The Morgan fingerprint density at radius 3 is 2.78 bits per heavy atom. The van der Waals surface area contributed by atoms with Crippen LogP contribution in [-0.2, 0) is 4.74 Å². The van der Waals surface area contributed by atoms with Gasteiger partial charge in [-0.3, -0.25) is 0 Å². The third kappa shape index (κ3) is 2.46. The minimum absolute atomic E-state index is 0.375. The van der Waals surface area contributed by atoms with Crippen molar-refractivity contribution in [3.63, 3.8) is 0 Å². The Bertz CT molecular complexity index is 471. The molecular formula is C13H18N2O3. The van der Waals surface area contributed by atoms with Gasteiger partial charge in [-0.05, 0) is 32.4 Å². The van der Waals surface area contributed by atoms with Gasteiger partial charge in [0.1, 0.15) is 5.82 Å². The third-order valence-electron chi connectivity index (χ3n) is 3.25. The number of carbonyl (C=O) groups is 1. The second-order valence-corrected chi connectivity index (χ2v) is 4.96. The fraction of sp³-hybridized carbons (Fsp3) is 0.538. The van der Waals surface area contributed by atoms with Crippen molar-refractivity contribution in [1.29, 1.82) is 0 Å². The van der Waals surface area contributed by atoms with Gasteiger partial charge in [-0.25, -0.2) is 9.78 Å². The number of carbonyl (C=O) groups excluding carboxylic acids is 1. The highest BCUT2D eigenvalue weighted by Gasteiger charge is 2.32. The standard InChI is InChI=1S/C13H18N2O3/c1-9-10(12(16)18-3)4-5-11(14-9)15-7-6-13(2,17)8-15/h4-5,17H,6-8H2,1-3H3. The molecule has 98 valence electrons. The second kappa shape index (κ2) is 4.57. The molecule has 1 aliphatic heterocycles. The van der Waals surface area contributed by atoms with Crippen molar-refractivity contribution in [3.8, 4) is 0 Å². The molecule has 1 unspecified atom stereocenters. The van der Waals surface area contributed by atoms with Crippen LogP contribution in [0.2, 0.25) is 0 Å². The van der Waals surface area contributed by atoms with Crippen molar-refractivity contribution in [1.82, 2.24) is 4.98 Å². The number of anilines is 1. The second-order valence-electron chi connectivity index (χ2n) is 4.96. The first-order chi connectivity index (χ1) is 8.43. The molecular weight excluding hydrogens is 232 g/mol. The molecule has 1 aliphatic rings. The Kier molecular flexibility index (Phi) is 3.26.